The van der Waals surface area contributed by atoms with Crippen LogP contribution in [0.2, 0.25) is 5.02 Å². The molecule has 0 saturated carbocycles. The molecule has 0 spiro atoms. The lowest BCUT2D eigenvalue weighted by Gasteiger charge is -2.17. The van der Waals surface area contributed by atoms with Gasteiger partial charge in [-0.1, -0.05) is 41.9 Å². The Kier molecular flexibility index (Phi) is 5.06. The van der Waals surface area contributed by atoms with Gasteiger partial charge in [0.2, 0.25) is 0 Å². The molecule has 0 bridgehead atoms. The van der Waals surface area contributed by atoms with Crippen molar-refractivity contribution in [1.29, 1.82) is 0 Å². The van der Waals surface area contributed by atoms with E-state index in [0.29, 0.717) is 10.6 Å². The number of rotatable bonds is 6. The lowest BCUT2D eigenvalue weighted by molar-refractivity contribution is 0.0954. The van der Waals surface area contributed by atoms with Gasteiger partial charge in [0.25, 0.3) is 0 Å². The van der Waals surface area contributed by atoms with Crippen molar-refractivity contribution in [2.45, 2.75) is 16.6 Å². The SMILES string of the molecule is O=C(C[C@H](c1ccc(Cl)cc1)S(=O)(=O)c1ccccc1)c1ccco1. The first-order chi connectivity index (χ1) is 12.0. The van der Waals surface area contributed by atoms with Crippen molar-refractivity contribution < 1.29 is 17.6 Å². The molecule has 1 atom stereocenters. The Morgan fingerprint density at radius 2 is 1.64 bits per heavy atom. The summed E-state index contributed by atoms with van der Waals surface area (Å²) in [5.74, 6) is -0.230. The van der Waals surface area contributed by atoms with E-state index in [1.165, 1.54) is 24.5 Å². The molecule has 0 aliphatic carbocycles. The maximum atomic E-state index is 13.1. The van der Waals surface area contributed by atoms with E-state index in [1.54, 1.807) is 48.5 Å². The van der Waals surface area contributed by atoms with E-state index >= 15 is 0 Å². The fourth-order valence-electron chi connectivity index (χ4n) is 2.56. The monoisotopic (exact) mass is 374 g/mol. The molecule has 0 amide bonds. The number of carbonyl (C=O) groups excluding carboxylic acids is 1. The second-order valence-corrected chi connectivity index (χ2v) is 8.07. The number of hydrogen-bond donors (Lipinski definition) is 0. The van der Waals surface area contributed by atoms with Crippen LogP contribution in [0.15, 0.2) is 82.3 Å². The zero-order chi connectivity index (χ0) is 17.9. The molecule has 0 radical (unpaired) electrons. The molecule has 1 aromatic heterocycles. The van der Waals surface area contributed by atoms with Crippen LogP contribution in [-0.4, -0.2) is 14.2 Å². The van der Waals surface area contributed by atoms with Crippen LogP contribution in [0.5, 0.6) is 0 Å². The topological polar surface area (TPSA) is 64.3 Å². The van der Waals surface area contributed by atoms with Gasteiger partial charge in [0.15, 0.2) is 21.4 Å². The first-order valence-corrected chi connectivity index (χ1v) is 9.52. The van der Waals surface area contributed by atoms with E-state index in [9.17, 15) is 13.2 Å². The molecule has 0 aliphatic rings. The largest absolute Gasteiger partial charge is 0.461 e. The van der Waals surface area contributed by atoms with E-state index in [0.717, 1.165) is 0 Å². The van der Waals surface area contributed by atoms with Gasteiger partial charge in [-0.25, -0.2) is 8.42 Å². The van der Waals surface area contributed by atoms with Crippen molar-refractivity contribution in [2.75, 3.05) is 0 Å². The predicted octanol–water partition coefficient (Wildman–Crippen LogP) is 4.72. The molecular weight excluding hydrogens is 360 g/mol. The van der Waals surface area contributed by atoms with Gasteiger partial charge < -0.3 is 4.42 Å². The lowest BCUT2D eigenvalue weighted by Crippen LogP contribution is -2.17. The van der Waals surface area contributed by atoms with Crippen LogP contribution < -0.4 is 0 Å². The Bertz CT molecular complexity index is 946. The Labute approximate surface area is 151 Å². The highest BCUT2D eigenvalue weighted by Crippen LogP contribution is 2.33. The average molecular weight is 375 g/mol. The standard InChI is InChI=1S/C19H15ClO4S/c20-15-10-8-14(9-11-15)19(13-17(21)18-7-4-12-24-18)25(22,23)16-5-2-1-3-6-16/h1-12,19H,13H2/t19-/m1/s1. The van der Waals surface area contributed by atoms with Crippen LogP contribution in [0.1, 0.15) is 27.8 Å². The number of hydrogen-bond acceptors (Lipinski definition) is 4. The Morgan fingerprint density at radius 3 is 2.24 bits per heavy atom. The van der Waals surface area contributed by atoms with Gasteiger partial charge in [-0.2, -0.15) is 0 Å². The third-order valence-corrected chi connectivity index (χ3v) is 6.22. The number of benzene rings is 2. The van der Waals surface area contributed by atoms with E-state index in [-0.39, 0.29) is 22.9 Å². The van der Waals surface area contributed by atoms with Crippen LogP contribution >= 0.6 is 11.6 Å². The zero-order valence-corrected chi connectivity index (χ0v) is 14.7. The molecule has 3 rings (SSSR count). The maximum Gasteiger partial charge on any atom is 0.199 e. The summed E-state index contributed by atoms with van der Waals surface area (Å²) in [5.41, 5.74) is 0.508. The van der Waals surface area contributed by atoms with Gasteiger partial charge in [-0.05, 0) is 42.0 Å². The molecule has 1 heterocycles. The molecule has 3 aromatic rings. The zero-order valence-electron chi connectivity index (χ0n) is 13.1. The van der Waals surface area contributed by atoms with Crippen LogP contribution in [0.25, 0.3) is 0 Å². The molecular formula is C19H15ClO4S. The second-order valence-electron chi connectivity index (χ2n) is 5.50. The Hall–Kier alpha value is -2.37. The number of carbonyl (C=O) groups is 1. The van der Waals surface area contributed by atoms with Gasteiger partial charge in [0.1, 0.15) is 0 Å². The number of ketones is 1. The van der Waals surface area contributed by atoms with Crippen molar-refractivity contribution in [3.8, 4) is 0 Å². The minimum absolute atomic E-state index is 0.141. The predicted molar refractivity (Wildman–Crippen MR) is 95.5 cm³/mol. The van der Waals surface area contributed by atoms with Gasteiger partial charge >= 0.3 is 0 Å². The summed E-state index contributed by atoms with van der Waals surface area (Å²) in [4.78, 5) is 12.6. The first-order valence-electron chi connectivity index (χ1n) is 7.59. The smallest absolute Gasteiger partial charge is 0.199 e. The summed E-state index contributed by atoms with van der Waals surface area (Å²) in [5, 5.41) is -0.526. The van der Waals surface area contributed by atoms with Crippen LogP contribution in [-0.2, 0) is 9.84 Å². The molecule has 2 aromatic carbocycles. The van der Waals surface area contributed by atoms with E-state index in [4.69, 9.17) is 16.0 Å². The molecule has 6 heteroatoms. The normalized spacial score (nSPS) is 12.7. The number of furan rings is 1. The third kappa shape index (κ3) is 3.83. The highest BCUT2D eigenvalue weighted by molar-refractivity contribution is 7.91. The summed E-state index contributed by atoms with van der Waals surface area (Å²) in [6.07, 6.45) is 1.17. The summed E-state index contributed by atoms with van der Waals surface area (Å²) >= 11 is 5.90. The summed E-state index contributed by atoms with van der Waals surface area (Å²) in [7, 11) is -3.76. The third-order valence-electron chi connectivity index (χ3n) is 3.85. The molecule has 0 aliphatic heterocycles. The van der Waals surface area contributed by atoms with Gasteiger partial charge in [0.05, 0.1) is 16.4 Å². The number of sulfone groups is 1. The van der Waals surface area contributed by atoms with Gasteiger partial charge in [0, 0.05) is 11.4 Å². The minimum Gasteiger partial charge on any atom is -0.461 e. The average Bonchev–Trinajstić information content (AvgIpc) is 3.16. The van der Waals surface area contributed by atoms with E-state index in [2.05, 4.69) is 0 Å². The fraction of sp³-hybridized carbons (Fsp3) is 0.105. The number of Topliss-reactive ketones (excluding diaryl/α,β-unsaturated/α-hetero) is 1. The first kappa shape index (κ1) is 17.5. The highest BCUT2D eigenvalue weighted by atomic mass is 35.5. The van der Waals surface area contributed by atoms with Crippen molar-refractivity contribution in [2.24, 2.45) is 0 Å². The summed E-state index contributed by atoms with van der Waals surface area (Å²) < 4.78 is 31.3. The van der Waals surface area contributed by atoms with E-state index < -0.39 is 15.1 Å². The van der Waals surface area contributed by atoms with Crippen molar-refractivity contribution in [3.63, 3.8) is 0 Å². The summed E-state index contributed by atoms with van der Waals surface area (Å²) in [6, 6.07) is 17.7. The highest BCUT2D eigenvalue weighted by Gasteiger charge is 2.32. The minimum atomic E-state index is -3.76. The Morgan fingerprint density at radius 1 is 0.960 bits per heavy atom. The van der Waals surface area contributed by atoms with Crippen LogP contribution in [0, 0.1) is 0 Å². The maximum absolute atomic E-state index is 13.1. The molecule has 4 nitrogen and oxygen atoms in total. The molecule has 0 unspecified atom stereocenters. The lowest BCUT2D eigenvalue weighted by atomic mass is 10.1. The van der Waals surface area contributed by atoms with Gasteiger partial charge in [-0.3, -0.25) is 4.79 Å². The number of halogens is 1. The van der Waals surface area contributed by atoms with Crippen LogP contribution in [0.4, 0.5) is 0 Å². The molecule has 128 valence electrons. The molecule has 25 heavy (non-hydrogen) atoms. The van der Waals surface area contributed by atoms with Crippen LogP contribution in [0.3, 0.4) is 0 Å². The molecule has 0 saturated heterocycles. The second kappa shape index (κ2) is 7.25. The van der Waals surface area contributed by atoms with Gasteiger partial charge in [-0.15, -0.1) is 0 Å². The van der Waals surface area contributed by atoms with Crippen molar-refractivity contribution >= 4 is 27.2 Å². The molecule has 0 N–H and O–H groups in total. The van der Waals surface area contributed by atoms with Crippen molar-refractivity contribution in [1.82, 2.24) is 0 Å². The quantitative estimate of drug-likeness (QED) is 0.585. The Balaban J connectivity index is 2.03. The van der Waals surface area contributed by atoms with Crippen molar-refractivity contribution in [3.05, 3.63) is 89.3 Å². The fourth-order valence-corrected chi connectivity index (χ4v) is 4.44. The summed E-state index contributed by atoms with van der Waals surface area (Å²) in [6.45, 7) is 0. The van der Waals surface area contributed by atoms with E-state index in [1.807, 2.05) is 0 Å². The molecule has 0 fully saturated rings.